The van der Waals surface area contributed by atoms with Gasteiger partial charge in [0.2, 0.25) is 0 Å². The van der Waals surface area contributed by atoms with E-state index in [2.05, 4.69) is 15.3 Å². The number of nitrogens with zero attached hydrogens (tertiary/aromatic N) is 2. The number of halogens is 1. The standard InChI is InChI=1S/C14H16ClN3O2/c1-20-11-4-2-10(3-5-11)8-16-14-12(6-7-19)13(15)17-9-18-14/h2-5,9,19H,6-8H2,1H3,(H,16,17,18). The molecule has 0 atom stereocenters. The van der Waals surface area contributed by atoms with Crippen LogP contribution in [-0.2, 0) is 13.0 Å². The quantitative estimate of drug-likeness (QED) is 0.800. The zero-order valence-corrected chi connectivity index (χ0v) is 11.9. The molecule has 5 nitrogen and oxygen atoms in total. The van der Waals surface area contributed by atoms with Crippen molar-refractivity contribution < 1.29 is 9.84 Å². The fourth-order valence-corrected chi connectivity index (χ4v) is 2.03. The van der Waals surface area contributed by atoms with Crippen LogP contribution in [0.1, 0.15) is 11.1 Å². The van der Waals surface area contributed by atoms with Gasteiger partial charge in [-0.15, -0.1) is 0 Å². The van der Waals surface area contributed by atoms with E-state index in [0.717, 1.165) is 16.9 Å². The van der Waals surface area contributed by atoms with E-state index in [0.29, 0.717) is 23.9 Å². The minimum atomic E-state index is 0.00427. The molecule has 0 aliphatic carbocycles. The average Bonchev–Trinajstić information content (AvgIpc) is 2.48. The number of anilines is 1. The minimum absolute atomic E-state index is 0.00427. The summed E-state index contributed by atoms with van der Waals surface area (Å²) >= 11 is 6.01. The third kappa shape index (κ3) is 3.59. The summed E-state index contributed by atoms with van der Waals surface area (Å²) in [6, 6.07) is 7.75. The van der Waals surface area contributed by atoms with Crippen LogP contribution in [0.25, 0.3) is 0 Å². The topological polar surface area (TPSA) is 67.3 Å². The van der Waals surface area contributed by atoms with Crippen molar-refractivity contribution in [1.82, 2.24) is 9.97 Å². The number of hydrogen-bond donors (Lipinski definition) is 2. The third-order valence-corrected chi connectivity index (χ3v) is 3.20. The summed E-state index contributed by atoms with van der Waals surface area (Å²) in [4.78, 5) is 8.09. The number of nitrogens with one attached hydrogen (secondary N) is 1. The van der Waals surface area contributed by atoms with Gasteiger partial charge in [0.15, 0.2) is 0 Å². The Hall–Kier alpha value is -1.85. The van der Waals surface area contributed by atoms with Gasteiger partial charge in [0.1, 0.15) is 23.0 Å². The van der Waals surface area contributed by atoms with Crippen LogP contribution in [0.15, 0.2) is 30.6 Å². The van der Waals surface area contributed by atoms with Crippen LogP contribution >= 0.6 is 11.6 Å². The van der Waals surface area contributed by atoms with Crippen molar-refractivity contribution in [3.63, 3.8) is 0 Å². The highest BCUT2D eigenvalue weighted by Gasteiger charge is 2.09. The van der Waals surface area contributed by atoms with Crippen LogP contribution in [0.4, 0.5) is 5.82 Å². The molecule has 0 saturated carbocycles. The first-order valence-electron chi connectivity index (χ1n) is 6.21. The molecule has 20 heavy (non-hydrogen) atoms. The summed E-state index contributed by atoms with van der Waals surface area (Å²) in [5, 5.41) is 12.6. The summed E-state index contributed by atoms with van der Waals surface area (Å²) in [5.41, 5.74) is 1.82. The number of rotatable bonds is 6. The fourth-order valence-electron chi connectivity index (χ4n) is 1.81. The third-order valence-electron chi connectivity index (χ3n) is 2.87. The van der Waals surface area contributed by atoms with Gasteiger partial charge in [0, 0.05) is 25.1 Å². The Bertz CT molecular complexity index is 561. The number of aliphatic hydroxyl groups excluding tert-OH is 1. The largest absolute Gasteiger partial charge is 0.497 e. The highest BCUT2D eigenvalue weighted by atomic mass is 35.5. The number of hydrogen-bond acceptors (Lipinski definition) is 5. The molecule has 2 rings (SSSR count). The van der Waals surface area contributed by atoms with Crippen molar-refractivity contribution in [2.75, 3.05) is 19.0 Å². The van der Waals surface area contributed by atoms with Crippen LogP contribution < -0.4 is 10.1 Å². The molecule has 6 heteroatoms. The first kappa shape index (κ1) is 14.6. The molecule has 0 saturated heterocycles. The first-order valence-corrected chi connectivity index (χ1v) is 6.59. The molecule has 106 valence electrons. The number of aliphatic hydroxyl groups is 1. The van der Waals surface area contributed by atoms with Crippen molar-refractivity contribution in [3.05, 3.63) is 46.9 Å². The summed E-state index contributed by atoms with van der Waals surface area (Å²) in [7, 11) is 1.64. The molecule has 1 aromatic carbocycles. The molecule has 0 bridgehead atoms. The monoisotopic (exact) mass is 293 g/mol. The second-order valence-corrected chi connectivity index (χ2v) is 4.52. The van der Waals surface area contributed by atoms with Gasteiger partial charge in [-0.1, -0.05) is 23.7 Å². The average molecular weight is 294 g/mol. The number of methoxy groups -OCH3 is 1. The summed E-state index contributed by atoms with van der Waals surface area (Å²) < 4.78 is 5.11. The molecule has 0 amide bonds. The van der Waals surface area contributed by atoms with Crippen LogP contribution in [0.3, 0.4) is 0 Å². The van der Waals surface area contributed by atoms with Gasteiger partial charge in [-0.3, -0.25) is 0 Å². The molecule has 0 fully saturated rings. The van der Waals surface area contributed by atoms with Crippen LogP contribution in [0.2, 0.25) is 5.15 Å². The molecule has 1 heterocycles. The van der Waals surface area contributed by atoms with Gasteiger partial charge < -0.3 is 15.2 Å². The maximum atomic E-state index is 9.06. The molecular weight excluding hydrogens is 278 g/mol. The summed E-state index contributed by atoms with van der Waals surface area (Å²) in [5.74, 6) is 1.47. The van der Waals surface area contributed by atoms with Crippen molar-refractivity contribution >= 4 is 17.4 Å². The van der Waals surface area contributed by atoms with E-state index in [1.165, 1.54) is 6.33 Å². The smallest absolute Gasteiger partial charge is 0.137 e. The minimum Gasteiger partial charge on any atom is -0.497 e. The Morgan fingerprint density at radius 3 is 2.65 bits per heavy atom. The molecule has 0 aliphatic heterocycles. The zero-order valence-electron chi connectivity index (χ0n) is 11.1. The van der Waals surface area contributed by atoms with E-state index in [9.17, 15) is 0 Å². The fraction of sp³-hybridized carbons (Fsp3) is 0.286. The van der Waals surface area contributed by atoms with E-state index in [-0.39, 0.29) is 6.61 Å². The van der Waals surface area contributed by atoms with Crippen molar-refractivity contribution in [2.45, 2.75) is 13.0 Å². The molecule has 1 aromatic heterocycles. The van der Waals surface area contributed by atoms with Crippen molar-refractivity contribution in [2.24, 2.45) is 0 Å². The van der Waals surface area contributed by atoms with Gasteiger partial charge in [0.05, 0.1) is 7.11 Å². The lowest BCUT2D eigenvalue weighted by atomic mass is 10.2. The molecule has 0 spiro atoms. The predicted molar refractivity (Wildman–Crippen MR) is 78.2 cm³/mol. The second-order valence-electron chi connectivity index (χ2n) is 4.17. The van der Waals surface area contributed by atoms with Gasteiger partial charge in [-0.25, -0.2) is 9.97 Å². The van der Waals surface area contributed by atoms with Crippen LogP contribution in [0.5, 0.6) is 5.75 Å². The Balaban J connectivity index is 2.08. The maximum Gasteiger partial charge on any atom is 0.137 e. The zero-order chi connectivity index (χ0) is 14.4. The Labute approximate surface area is 122 Å². The van der Waals surface area contributed by atoms with E-state index in [1.807, 2.05) is 24.3 Å². The molecule has 0 aliphatic rings. The molecule has 2 N–H and O–H groups in total. The normalized spacial score (nSPS) is 10.3. The van der Waals surface area contributed by atoms with Crippen LogP contribution in [-0.4, -0.2) is 28.8 Å². The van der Waals surface area contributed by atoms with Gasteiger partial charge in [-0.2, -0.15) is 0 Å². The van der Waals surface area contributed by atoms with Gasteiger partial charge >= 0.3 is 0 Å². The van der Waals surface area contributed by atoms with Crippen LogP contribution in [0, 0.1) is 0 Å². The molecule has 0 unspecified atom stereocenters. The summed E-state index contributed by atoms with van der Waals surface area (Å²) in [6.45, 7) is 0.611. The summed E-state index contributed by atoms with van der Waals surface area (Å²) in [6.07, 6.45) is 1.82. The molecule has 0 radical (unpaired) electrons. The SMILES string of the molecule is COc1ccc(CNc2ncnc(Cl)c2CCO)cc1. The lowest BCUT2D eigenvalue weighted by Gasteiger charge is -2.11. The highest BCUT2D eigenvalue weighted by Crippen LogP contribution is 2.21. The van der Waals surface area contributed by atoms with Gasteiger partial charge in [-0.05, 0) is 17.7 Å². The maximum absolute atomic E-state index is 9.06. The van der Waals surface area contributed by atoms with Gasteiger partial charge in [0.25, 0.3) is 0 Å². The van der Waals surface area contributed by atoms with E-state index in [4.69, 9.17) is 21.4 Å². The molecular formula is C14H16ClN3O2. The Kier molecular flexibility index (Phi) is 5.15. The Morgan fingerprint density at radius 1 is 1.25 bits per heavy atom. The second kappa shape index (κ2) is 7.07. The predicted octanol–water partition coefficient (Wildman–Crippen LogP) is 2.29. The Morgan fingerprint density at radius 2 is 2.00 bits per heavy atom. The van der Waals surface area contributed by atoms with E-state index < -0.39 is 0 Å². The lowest BCUT2D eigenvalue weighted by molar-refractivity contribution is 0.299. The van der Waals surface area contributed by atoms with Crippen molar-refractivity contribution in [3.8, 4) is 5.75 Å². The van der Waals surface area contributed by atoms with Crippen molar-refractivity contribution in [1.29, 1.82) is 0 Å². The lowest BCUT2D eigenvalue weighted by Crippen LogP contribution is -2.07. The van der Waals surface area contributed by atoms with E-state index in [1.54, 1.807) is 7.11 Å². The number of ether oxygens (including phenoxy) is 1. The number of benzene rings is 1. The molecule has 2 aromatic rings. The van der Waals surface area contributed by atoms with E-state index >= 15 is 0 Å². The number of aromatic nitrogens is 2. The first-order chi connectivity index (χ1) is 9.74. The highest BCUT2D eigenvalue weighted by molar-refractivity contribution is 6.30.